The van der Waals surface area contributed by atoms with Crippen LogP contribution in [0.2, 0.25) is 0 Å². The summed E-state index contributed by atoms with van der Waals surface area (Å²) in [4.78, 5) is 10.8. The average molecular weight is 347 g/mol. The first-order valence-electron chi connectivity index (χ1n) is 4.38. The zero-order valence-corrected chi connectivity index (χ0v) is 11.0. The van der Waals surface area contributed by atoms with Crippen LogP contribution < -0.4 is 0 Å². The summed E-state index contributed by atoms with van der Waals surface area (Å²) in [6.07, 6.45) is 0. The van der Waals surface area contributed by atoms with Crippen molar-refractivity contribution in [3.63, 3.8) is 0 Å². The minimum absolute atomic E-state index is 0.346. The lowest BCUT2D eigenvalue weighted by molar-refractivity contribution is -0.162. The van der Waals surface area contributed by atoms with Crippen LogP contribution in [0.4, 0.5) is 12.7 Å². The molecule has 0 fully saturated rings. The van der Waals surface area contributed by atoms with Gasteiger partial charge in [-0.25, -0.2) is 4.79 Å². The van der Waals surface area contributed by atoms with Crippen LogP contribution >= 0.6 is 15.9 Å². The fourth-order valence-electron chi connectivity index (χ4n) is 0.913. The Bertz CT molecular complexity index is 541. The smallest absolute Gasteiger partial charge is 0.455 e. The molecular formula is C9H6BrF3O4S. The summed E-state index contributed by atoms with van der Waals surface area (Å²) in [5, 5.41) is -5.19. The SMILES string of the molecule is O=C(OCc1ccc(Br)cc1)C(F)(F)S(=O)(=O)F. The Balaban J connectivity index is 2.70. The zero-order chi connectivity index (χ0) is 14.0. The highest BCUT2D eigenvalue weighted by Crippen LogP contribution is 2.25. The lowest BCUT2D eigenvalue weighted by Gasteiger charge is -2.10. The van der Waals surface area contributed by atoms with Gasteiger partial charge in [-0.15, -0.1) is 0 Å². The maximum absolute atomic E-state index is 12.6. The molecule has 0 N–H and O–H groups in total. The molecule has 0 unspecified atom stereocenters. The topological polar surface area (TPSA) is 60.4 Å². The minimum Gasteiger partial charge on any atom is -0.455 e. The van der Waals surface area contributed by atoms with Crippen molar-refractivity contribution in [1.29, 1.82) is 0 Å². The normalized spacial score (nSPS) is 12.2. The minimum atomic E-state index is -6.33. The molecular weight excluding hydrogens is 341 g/mol. The number of alkyl halides is 2. The Morgan fingerprint density at radius 1 is 1.28 bits per heavy atom. The van der Waals surface area contributed by atoms with Gasteiger partial charge >= 0.3 is 21.4 Å². The van der Waals surface area contributed by atoms with E-state index in [1.54, 1.807) is 12.1 Å². The Labute approximate surface area is 109 Å². The molecule has 0 saturated carbocycles. The van der Waals surface area contributed by atoms with E-state index in [0.717, 1.165) is 0 Å². The van der Waals surface area contributed by atoms with Crippen LogP contribution in [0.1, 0.15) is 5.56 Å². The van der Waals surface area contributed by atoms with Crippen LogP contribution in [0.15, 0.2) is 28.7 Å². The van der Waals surface area contributed by atoms with Crippen molar-refractivity contribution in [1.82, 2.24) is 0 Å². The molecule has 0 heterocycles. The van der Waals surface area contributed by atoms with Crippen molar-refractivity contribution < 1.29 is 30.6 Å². The van der Waals surface area contributed by atoms with Crippen molar-refractivity contribution in [2.75, 3.05) is 0 Å². The molecule has 0 amide bonds. The molecule has 0 radical (unpaired) electrons. The molecule has 9 heteroatoms. The molecule has 4 nitrogen and oxygen atoms in total. The Morgan fingerprint density at radius 3 is 2.22 bits per heavy atom. The number of halogens is 4. The lowest BCUT2D eigenvalue weighted by atomic mass is 10.2. The average Bonchev–Trinajstić information content (AvgIpc) is 2.26. The predicted molar refractivity (Wildman–Crippen MR) is 58.9 cm³/mol. The first kappa shape index (κ1) is 15.0. The van der Waals surface area contributed by atoms with Crippen LogP contribution in [0, 0.1) is 0 Å². The summed E-state index contributed by atoms with van der Waals surface area (Å²) in [6.45, 7) is -0.586. The summed E-state index contributed by atoms with van der Waals surface area (Å²) in [7, 11) is -6.33. The van der Waals surface area contributed by atoms with Crippen molar-refractivity contribution in [2.24, 2.45) is 0 Å². The maximum atomic E-state index is 12.6. The van der Waals surface area contributed by atoms with Crippen molar-refractivity contribution >= 4 is 32.1 Å². The van der Waals surface area contributed by atoms with Gasteiger partial charge in [-0.3, -0.25) is 0 Å². The van der Waals surface area contributed by atoms with Crippen LogP contribution in [0.3, 0.4) is 0 Å². The first-order chi connectivity index (χ1) is 8.14. The predicted octanol–water partition coefficient (Wildman–Crippen LogP) is 2.38. The van der Waals surface area contributed by atoms with Gasteiger partial charge in [0.25, 0.3) is 0 Å². The highest BCUT2D eigenvalue weighted by atomic mass is 79.9. The van der Waals surface area contributed by atoms with E-state index < -0.39 is 28.1 Å². The van der Waals surface area contributed by atoms with E-state index in [2.05, 4.69) is 20.7 Å². The van der Waals surface area contributed by atoms with E-state index in [0.29, 0.717) is 10.0 Å². The zero-order valence-electron chi connectivity index (χ0n) is 8.57. The van der Waals surface area contributed by atoms with E-state index in [1.165, 1.54) is 12.1 Å². The van der Waals surface area contributed by atoms with Crippen molar-refractivity contribution in [3.8, 4) is 0 Å². The largest absolute Gasteiger partial charge is 0.470 e. The molecule has 1 rings (SSSR count). The Morgan fingerprint density at radius 2 is 1.78 bits per heavy atom. The monoisotopic (exact) mass is 346 g/mol. The maximum Gasteiger partial charge on any atom is 0.470 e. The van der Waals surface area contributed by atoms with Gasteiger partial charge in [-0.05, 0) is 17.7 Å². The van der Waals surface area contributed by atoms with Gasteiger partial charge in [0.05, 0.1) is 0 Å². The van der Waals surface area contributed by atoms with Gasteiger partial charge in [0.2, 0.25) is 0 Å². The van der Waals surface area contributed by atoms with Crippen molar-refractivity contribution in [2.45, 2.75) is 11.9 Å². The van der Waals surface area contributed by atoms with Crippen molar-refractivity contribution in [3.05, 3.63) is 34.3 Å². The molecule has 0 aliphatic heterocycles. The third-order valence-electron chi connectivity index (χ3n) is 1.83. The molecule has 0 aliphatic rings. The second-order valence-corrected chi connectivity index (χ2v) is 5.46. The number of hydrogen-bond donors (Lipinski definition) is 0. The highest BCUT2D eigenvalue weighted by Gasteiger charge is 2.55. The number of hydrogen-bond acceptors (Lipinski definition) is 4. The highest BCUT2D eigenvalue weighted by molar-refractivity contribution is 9.10. The van der Waals surface area contributed by atoms with Gasteiger partial charge in [-0.1, -0.05) is 31.9 Å². The summed E-state index contributed by atoms with van der Waals surface area (Å²) in [5.74, 6) is -2.45. The lowest BCUT2D eigenvalue weighted by Crippen LogP contribution is -2.36. The molecule has 1 aromatic carbocycles. The van der Waals surface area contributed by atoms with Gasteiger partial charge in [0.15, 0.2) is 0 Å². The van der Waals surface area contributed by atoms with E-state index in [4.69, 9.17) is 0 Å². The van der Waals surface area contributed by atoms with Crippen LogP contribution in [0.25, 0.3) is 0 Å². The molecule has 0 aromatic heterocycles. The van der Waals surface area contributed by atoms with Gasteiger partial charge in [0, 0.05) is 4.47 Å². The molecule has 100 valence electrons. The summed E-state index contributed by atoms with van der Waals surface area (Å²) >= 11 is 3.13. The number of carbonyl (C=O) groups is 1. The summed E-state index contributed by atoms with van der Waals surface area (Å²) < 4.78 is 62.2. The van der Waals surface area contributed by atoms with E-state index in [-0.39, 0.29) is 0 Å². The molecule has 0 aliphatic carbocycles. The fraction of sp³-hybridized carbons (Fsp3) is 0.222. The van der Waals surface area contributed by atoms with E-state index >= 15 is 0 Å². The van der Waals surface area contributed by atoms with Crippen LogP contribution in [-0.4, -0.2) is 19.6 Å². The third kappa shape index (κ3) is 3.45. The summed E-state index contributed by atoms with van der Waals surface area (Å²) in [6, 6.07) is 6.04. The molecule has 0 bridgehead atoms. The van der Waals surface area contributed by atoms with Gasteiger partial charge in [0.1, 0.15) is 6.61 Å². The number of benzene rings is 1. The number of esters is 1. The first-order valence-corrected chi connectivity index (χ1v) is 6.56. The third-order valence-corrected chi connectivity index (χ3v) is 3.13. The second kappa shape index (κ2) is 5.27. The summed E-state index contributed by atoms with van der Waals surface area (Å²) in [5.41, 5.74) is 0.346. The molecule has 0 atom stereocenters. The van der Waals surface area contributed by atoms with Gasteiger partial charge < -0.3 is 4.74 Å². The standard InChI is InChI=1S/C9H6BrF3O4S/c10-7-3-1-6(2-4-7)5-17-8(14)9(11,12)18(13,15)16/h1-4H,5H2. The molecule has 18 heavy (non-hydrogen) atoms. The number of carbonyl (C=O) groups excluding carboxylic acids is 1. The van der Waals surface area contributed by atoms with E-state index in [1.807, 2.05) is 0 Å². The number of ether oxygens (including phenoxy) is 1. The Kier molecular flexibility index (Phi) is 4.38. The molecule has 0 spiro atoms. The fourth-order valence-corrected chi connectivity index (χ4v) is 1.44. The number of rotatable bonds is 4. The molecule has 1 aromatic rings. The molecule has 0 saturated heterocycles. The Hall–Kier alpha value is -1.09. The quantitative estimate of drug-likeness (QED) is 0.620. The van der Waals surface area contributed by atoms with Gasteiger partial charge in [-0.2, -0.15) is 17.2 Å². The van der Waals surface area contributed by atoms with Crippen LogP contribution in [0.5, 0.6) is 0 Å². The van der Waals surface area contributed by atoms with Crippen LogP contribution in [-0.2, 0) is 26.4 Å². The second-order valence-electron chi connectivity index (χ2n) is 3.16. The van der Waals surface area contributed by atoms with E-state index in [9.17, 15) is 25.9 Å².